The summed E-state index contributed by atoms with van der Waals surface area (Å²) in [5.74, 6) is 0.457. The first-order valence-corrected chi connectivity index (χ1v) is 6.09. The average molecular weight is 298 g/mol. The van der Waals surface area contributed by atoms with E-state index >= 15 is 0 Å². The first-order valence-electron chi connectivity index (χ1n) is 4.54. The Morgan fingerprint density at radius 2 is 2.07 bits per heavy atom. The van der Waals surface area contributed by atoms with Crippen molar-refractivity contribution in [2.45, 2.75) is 30.6 Å². The van der Waals surface area contributed by atoms with E-state index in [2.05, 4.69) is 21.0 Å². The van der Waals surface area contributed by atoms with Crippen LogP contribution in [0.1, 0.15) is 24.2 Å². The fourth-order valence-corrected chi connectivity index (χ4v) is 2.82. The van der Waals surface area contributed by atoms with Crippen LogP contribution in [0.5, 0.6) is 0 Å². The number of halogens is 3. The molecule has 0 aromatic carbocycles. The molecule has 1 saturated carbocycles. The van der Waals surface area contributed by atoms with Crippen LogP contribution in [-0.4, -0.2) is 9.78 Å². The fourth-order valence-electron chi connectivity index (χ4n) is 1.52. The van der Waals surface area contributed by atoms with Gasteiger partial charge in [0, 0.05) is 5.92 Å². The predicted molar refractivity (Wildman–Crippen MR) is 62.2 cm³/mol. The van der Waals surface area contributed by atoms with Crippen molar-refractivity contribution in [3.63, 3.8) is 0 Å². The molecule has 1 unspecified atom stereocenters. The van der Waals surface area contributed by atoms with Gasteiger partial charge in [0.1, 0.15) is 0 Å². The highest BCUT2D eigenvalue weighted by Crippen LogP contribution is 2.51. The minimum atomic E-state index is -0.588. The molecule has 1 fully saturated rings. The Labute approximate surface area is 102 Å². The van der Waals surface area contributed by atoms with Gasteiger partial charge < -0.3 is 0 Å². The summed E-state index contributed by atoms with van der Waals surface area (Å²) in [6.45, 7) is 3.82. The molecule has 1 heterocycles. The second-order valence-electron chi connectivity index (χ2n) is 3.76. The number of hydrogen-bond acceptors (Lipinski definition) is 1. The largest absolute Gasteiger partial charge is 0.236 e. The highest BCUT2D eigenvalue weighted by Gasteiger charge is 2.45. The maximum atomic E-state index is 6.41. The standard InChI is InChI=1S/C9H11BrCl2N2/c1-5-8(11)6(2)14(13-5)9(10,12)7-3-4-7/h7H,3-4H2,1-2H3. The van der Waals surface area contributed by atoms with Gasteiger partial charge in [-0.05, 0) is 42.6 Å². The van der Waals surface area contributed by atoms with Crippen molar-refractivity contribution in [3.8, 4) is 0 Å². The lowest BCUT2D eigenvalue weighted by Crippen LogP contribution is -2.24. The molecule has 0 saturated heterocycles. The highest BCUT2D eigenvalue weighted by atomic mass is 79.9. The molecule has 1 aromatic heterocycles. The Bertz CT molecular complexity index is 369. The summed E-state index contributed by atoms with van der Waals surface area (Å²) in [5.41, 5.74) is 1.75. The van der Waals surface area contributed by atoms with E-state index in [-0.39, 0.29) is 0 Å². The molecule has 0 spiro atoms. The first-order chi connectivity index (χ1) is 6.44. The molecule has 5 heteroatoms. The molecular weight excluding hydrogens is 287 g/mol. The van der Waals surface area contributed by atoms with Gasteiger partial charge in [-0.15, -0.1) is 0 Å². The Hall–Kier alpha value is 0.270. The molecular formula is C9H11BrCl2N2. The van der Waals surface area contributed by atoms with Crippen molar-refractivity contribution in [3.05, 3.63) is 16.4 Å². The molecule has 0 amide bonds. The monoisotopic (exact) mass is 296 g/mol. The summed E-state index contributed by atoms with van der Waals surface area (Å²) in [5, 5.41) is 5.05. The molecule has 1 aliphatic rings. The van der Waals surface area contributed by atoms with Crippen LogP contribution in [-0.2, 0) is 3.91 Å². The number of aryl methyl sites for hydroxylation is 1. The van der Waals surface area contributed by atoms with Crippen molar-refractivity contribution in [2.24, 2.45) is 5.92 Å². The topological polar surface area (TPSA) is 17.8 Å². The lowest BCUT2D eigenvalue weighted by Gasteiger charge is -2.21. The van der Waals surface area contributed by atoms with Crippen molar-refractivity contribution >= 4 is 39.1 Å². The molecule has 0 N–H and O–H groups in total. The maximum Gasteiger partial charge on any atom is 0.193 e. The van der Waals surface area contributed by atoms with Crippen LogP contribution in [0.3, 0.4) is 0 Å². The molecule has 1 aromatic rings. The van der Waals surface area contributed by atoms with Crippen LogP contribution in [0.2, 0.25) is 5.02 Å². The second kappa shape index (κ2) is 3.39. The third-order valence-electron chi connectivity index (χ3n) is 2.55. The molecule has 0 radical (unpaired) electrons. The van der Waals surface area contributed by atoms with E-state index in [0.29, 0.717) is 10.9 Å². The number of rotatable bonds is 2. The smallest absolute Gasteiger partial charge is 0.193 e. The quantitative estimate of drug-likeness (QED) is 0.759. The van der Waals surface area contributed by atoms with Gasteiger partial charge in [-0.1, -0.05) is 23.2 Å². The molecule has 1 atom stereocenters. The molecule has 14 heavy (non-hydrogen) atoms. The summed E-state index contributed by atoms with van der Waals surface area (Å²) in [7, 11) is 0. The van der Waals surface area contributed by atoms with E-state index < -0.39 is 3.91 Å². The fraction of sp³-hybridized carbons (Fsp3) is 0.667. The van der Waals surface area contributed by atoms with Gasteiger partial charge in [-0.2, -0.15) is 5.10 Å². The van der Waals surface area contributed by atoms with Gasteiger partial charge in [0.15, 0.2) is 3.91 Å². The first kappa shape index (κ1) is 10.8. The van der Waals surface area contributed by atoms with E-state index in [1.165, 1.54) is 0 Å². The number of nitrogens with zero attached hydrogens (tertiary/aromatic N) is 2. The van der Waals surface area contributed by atoms with E-state index in [0.717, 1.165) is 24.2 Å². The van der Waals surface area contributed by atoms with Crippen molar-refractivity contribution in [1.29, 1.82) is 0 Å². The van der Waals surface area contributed by atoms with Crippen molar-refractivity contribution in [1.82, 2.24) is 9.78 Å². The molecule has 2 nitrogen and oxygen atoms in total. The van der Waals surface area contributed by atoms with E-state index in [4.69, 9.17) is 23.2 Å². The summed E-state index contributed by atoms with van der Waals surface area (Å²) >= 11 is 16.0. The normalized spacial score (nSPS) is 20.9. The number of aromatic nitrogens is 2. The Morgan fingerprint density at radius 3 is 2.43 bits per heavy atom. The van der Waals surface area contributed by atoms with E-state index in [1.807, 2.05) is 13.8 Å². The number of hydrogen-bond donors (Lipinski definition) is 0. The van der Waals surface area contributed by atoms with Gasteiger partial charge in [-0.25, -0.2) is 4.68 Å². The molecule has 1 aliphatic carbocycles. The summed E-state index contributed by atoms with van der Waals surface area (Å²) < 4.78 is 1.19. The lowest BCUT2D eigenvalue weighted by molar-refractivity contribution is 0.485. The SMILES string of the molecule is Cc1nn(C(Cl)(Br)C2CC2)c(C)c1Cl. The van der Waals surface area contributed by atoms with Crippen LogP contribution in [0.4, 0.5) is 0 Å². The van der Waals surface area contributed by atoms with Crippen LogP contribution in [0, 0.1) is 19.8 Å². The van der Waals surface area contributed by atoms with Crippen molar-refractivity contribution < 1.29 is 0 Å². The van der Waals surface area contributed by atoms with E-state index in [9.17, 15) is 0 Å². The van der Waals surface area contributed by atoms with E-state index in [1.54, 1.807) is 4.68 Å². The van der Waals surface area contributed by atoms with Gasteiger partial charge >= 0.3 is 0 Å². The van der Waals surface area contributed by atoms with Crippen LogP contribution in [0.15, 0.2) is 0 Å². The third kappa shape index (κ3) is 1.59. The highest BCUT2D eigenvalue weighted by molar-refractivity contribution is 9.10. The zero-order valence-corrected chi connectivity index (χ0v) is 11.1. The zero-order chi connectivity index (χ0) is 10.5. The average Bonchev–Trinajstić information content (AvgIpc) is 2.90. The molecule has 0 aliphatic heterocycles. The Balaban J connectivity index is 2.44. The Morgan fingerprint density at radius 1 is 1.50 bits per heavy atom. The van der Waals surface area contributed by atoms with Gasteiger partial charge in [0.25, 0.3) is 0 Å². The second-order valence-corrected chi connectivity index (χ2v) is 6.38. The zero-order valence-electron chi connectivity index (χ0n) is 8.02. The van der Waals surface area contributed by atoms with Gasteiger partial charge in [-0.3, -0.25) is 0 Å². The van der Waals surface area contributed by atoms with Crippen molar-refractivity contribution in [2.75, 3.05) is 0 Å². The summed E-state index contributed by atoms with van der Waals surface area (Å²) in [6.07, 6.45) is 2.29. The lowest BCUT2D eigenvalue weighted by atomic mass is 10.3. The molecule has 78 valence electrons. The minimum Gasteiger partial charge on any atom is -0.236 e. The number of alkyl halides is 2. The Kier molecular flexibility index (Phi) is 2.61. The van der Waals surface area contributed by atoms with Crippen LogP contribution >= 0.6 is 39.1 Å². The van der Waals surface area contributed by atoms with Gasteiger partial charge in [0.2, 0.25) is 0 Å². The predicted octanol–water partition coefficient (Wildman–Crippen LogP) is 3.81. The molecule has 0 bridgehead atoms. The third-order valence-corrected chi connectivity index (χ3v) is 4.55. The van der Waals surface area contributed by atoms with Crippen LogP contribution in [0.25, 0.3) is 0 Å². The molecule has 2 rings (SSSR count). The minimum absolute atomic E-state index is 0.457. The maximum absolute atomic E-state index is 6.41. The van der Waals surface area contributed by atoms with Crippen LogP contribution < -0.4 is 0 Å². The summed E-state index contributed by atoms with van der Waals surface area (Å²) in [6, 6.07) is 0. The van der Waals surface area contributed by atoms with Gasteiger partial charge in [0.05, 0.1) is 16.4 Å². The summed E-state index contributed by atoms with van der Waals surface area (Å²) in [4.78, 5) is 0.